The van der Waals surface area contributed by atoms with Crippen LogP contribution >= 0.6 is 0 Å². The summed E-state index contributed by atoms with van der Waals surface area (Å²) in [6.45, 7) is 1.70. The van der Waals surface area contributed by atoms with Gasteiger partial charge in [-0.25, -0.2) is 0 Å². The number of ether oxygens (including phenoxy) is 6. The van der Waals surface area contributed by atoms with Gasteiger partial charge in [-0.15, -0.1) is 0 Å². The summed E-state index contributed by atoms with van der Waals surface area (Å²) in [5.74, 6) is -0.286. The normalized spacial score (nSPS) is 28.4. The van der Waals surface area contributed by atoms with Crippen LogP contribution in [0.15, 0.2) is 60.8 Å². The smallest absolute Gasteiger partial charge is 0.220 e. The van der Waals surface area contributed by atoms with E-state index in [1.54, 1.807) is 6.08 Å². The summed E-state index contributed by atoms with van der Waals surface area (Å²) < 4.78 is 34.3. The largest absolute Gasteiger partial charge is 0.394 e. The summed E-state index contributed by atoms with van der Waals surface area (Å²) in [5.41, 5.74) is 0. The molecular formula is C71H127NO18. The summed E-state index contributed by atoms with van der Waals surface area (Å²) in [5, 5.41) is 120. The van der Waals surface area contributed by atoms with Crippen LogP contribution in [0, 0.1) is 0 Å². The van der Waals surface area contributed by atoms with Crippen LogP contribution < -0.4 is 5.32 Å². The second-order valence-corrected chi connectivity index (χ2v) is 25.3. The number of aliphatic hydroxyl groups is 11. The molecular weight excluding hydrogens is 1150 g/mol. The Hall–Kier alpha value is -2.51. The highest BCUT2D eigenvalue weighted by Gasteiger charge is 2.53. The topological polar surface area (TPSA) is 307 Å². The molecule has 0 aliphatic carbocycles. The number of hydrogen-bond acceptors (Lipinski definition) is 18. The van der Waals surface area contributed by atoms with E-state index in [0.29, 0.717) is 12.8 Å². The fourth-order valence-electron chi connectivity index (χ4n) is 11.7. The van der Waals surface area contributed by atoms with Crippen molar-refractivity contribution in [3.63, 3.8) is 0 Å². The van der Waals surface area contributed by atoms with E-state index in [1.807, 2.05) is 6.08 Å². The molecule has 3 saturated heterocycles. The van der Waals surface area contributed by atoms with Gasteiger partial charge >= 0.3 is 0 Å². The zero-order valence-electron chi connectivity index (χ0n) is 55.4. The summed E-state index contributed by atoms with van der Waals surface area (Å²) in [4.78, 5) is 13.4. The molecule has 3 fully saturated rings. The van der Waals surface area contributed by atoms with Crippen molar-refractivity contribution >= 4 is 5.91 Å². The van der Waals surface area contributed by atoms with Crippen molar-refractivity contribution in [1.29, 1.82) is 0 Å². The first-order valence-electron chi connectivity index (χ1n) is 35.5. The molecule has 0 aromatic heterocycles. The second kappa shape index (κ2) is 52.7. The Morgan fingerprint density at radius 2 is 0.744 bits per heavy atom. The fourth-order valence-corrected chi connectivity index (χ4v) is 11.7. The fraction of sp³-hybridized carbons (Fsp3) is 0.845. The molecule has 1 amide bonds. The van der Waals surface area contributed by atoms with Crippen LogP contribution in [0.5, 0.6) is 0 Å². The highest BCUT2D eigenvalue weighted by molar-refractivity contribution is 5.76. The van der Waals surface area contributed by atoms with E-state index in [4.69, 9.17) is 28.4 Å². The maximum Gasteiger partial charge on any atom is 0.220 e. The molecule has 0 spiro atoms. The molecule has 3 aliphatic rings. The third-order valence-corrected chi connectivity index (χ3v) is 17.5. The molecule has 17 atom stereocenters. The predicted molar refractivity (Wildman–Crippen MR) is 351 cm³/mol. The van der Waals surface area contributed by atoms with E-state index in [1.165, 1.54) is 167 Å². The van der Waals surface area contributed by atoms with Crippen LogP contribution in [0.2, 0.25) is 0 Å². The van der Waals surface area contributed by atoms with Crippen LogP contribution in [0.4, 0.5) is 0 Å². The van der Waals surface area contributed by atoms with E-state index in [0.717, 1.165) is 51.4 Å². The number of rotatable bonds is 54. The molecule has 17 unspecified atom stereocenters. The molecule has 0 radical (unpaired) electrons. The number of carbonyl (C=O) groups excluding carboxylic acids is 1. The van der Waals surface area contributed by atoms with Crippen molar-refractivity contribution in [2.45, 2.75) is 356 Å². The first-order chi connectivity index (χ1) is 43.8. The summed E-state index contributed by atoms with van der Waals surface area (Å²) in [7, 11) is 0. The maximum absolute atomic E-state index is 13.4. The first-order valence-corrected chi connectivity index (χ1v) is 35.5. The van der Waals surface area contributed by atoms with Gasteiger partial charge in [-0.05, 0) is 70.6 Å². The Bertz CT molecular complexity index is 1870. The van der Waals surface area contributed by atoms with Gasteiger partial charge in [-0.2, -0.15) is 0 Å². The SMILES string of the molecule is CCCCCCC/C=C\C/C=C\C/C=C\CCCCCCCCCCCCCCCCC(=O)NC(COC1OC(CO)C(OC2OC(CO)C(OC3OC(CO)C(O)C(O)C3O)C(O)C2O)C(O)C1O)C(O)/C=C/CC/C=C/CCCCCCCCCCCC. The van der Waals surface area contributed by atoms with Crippen LogP contribution in [-0.2, 0) is 33.2 Å². The monoisotopic (exact) mass is 1280 g/mol. The third-order valence-electron chi connectivity index (χ3n) is 17.5. The van der Waals surface area contributed by atoms with Crippen molar-refractivity contribution in [2.24, 2.45) is 0 Å². The lowest BCUT2D eigenvalue weighted by Crippen LogP contribution is -2.66. The quantitative estimate of drug-likeness (QED) is 0.0199. The second-order valence-electron chi connectivity index (χ2n) is 25.3. The predicted octanol–water partition coefficient (Wildman–Crippen LogP) is 9.55. The minimum Gasteiger partial charge on any atom is -0.394 e. The van der Waals surface area contributed by atoms with Crippen molar-refractivity contribution in [1.82, 2.24) is 5.32 Å². The van der Waals surface area contributed by atoms with Crippen LogP contribution in [0.3, 0.4) is 0 Å². The highest BCUT2D eigenvalue weighted by atomic mass is 16.8. The molecule has 0 saturated carbocycles. The molecule has 3 aliphatic heterocycles. The molecule has 0 aromatic carbocycles. The number of allylic oxidation sites excluding steroid dienone is 9. The first kappa shape index (κ1) is 81.7. The number of aliphatic hydroxyl groups excluding tert-OH is 11. The average Bonchev–Trinajstić information content (AvgIpc) is 1.05. The average molecular weight is 1280 g/mol. The van der Waals surface area contributed by atoms with Gasteiger partial charge in [0, 0.05) is 6.42 Å². The summed E-state index contributed by atoms with van der Waals surface area (Å²) in [6.07, 6.45) is 37.7. The molecule has 90 heavy (non-hydrogen) atoms. The summed E-state index contributed by atoms with van der Waals surface area (Å²) >= 11 is 0. The molecule has 3 rings (SSSR count). The molecule has 0 bridgehead atoms. The minimum absolute atomic E-state index is 0.233. The Kier molecular flexibility index (Phi) is 47.9. The lowest BCUT2D eigenvalue weighted by molar-refractivity contribution is -0.379. The van der Waals surface area contributed by atoms with Crippen molar-refractivity contribution in [3.05, 3.63) is 60.8 Å². The van der Waals surface area contributed by atoms with Gasteiger partial charge in [0.1, 0.15) is 73.2 Å². The van der Waals surface area contributed by atoms with Gasteiger partial charge in [0.2, 0.25) is 5.91 Å². The number of unbranched alkanes of at least 4 members (excludes halogenated alkanes) is 30. The Balaban J connectivity index is 1.41. The van der Waals surface area contributed by atoms with E-state index >= 15 is 0 Å². The van der Waals surface area contributed by atoms with Crippen LogP contribution in [0.1, 0.15) is 251 Å². The van der Waals surface area contributed by atoms with Gasteiger partial charge in [0.05, 0.1) is 38.6 Å². The van der Waals surface area contributed by atoms with Crippen LogP contribution in [-0.4, -0.2) is 193 Å². The third kappa shape index (κ3) is 34.2. The van der Waals surface area contributed by atoms with Crippen LogP contribution in [0.25, 0.3) is 0 Å². The lowest BCUT2D eigenvalue weighted by atomic mass is 9.96. The van der Waals surface area contributed by atoms with Gasteiger partial charge in [-0.3, -0.25) is 4.79 Å². The molecule has 19 nitrogen and oxygen atoms in total. The zero-order chi connectivity index (χ0) is 65.4. The van der Waals surface area contributed by atoms with Gasteiger partial charge in [0.25, 0.3) is 0 Å². The lowest BCUT2D eigenvalue weighted by Gasteiger charge is -2.48. The number of hydrogen-bond donors (Lipinski definition) is 12. The standard InChI is InChI=1S/C71H127NO18/c1-3-5-7-9-11-13-15-17-19-21-22-23-24-25-26-27-28-29-30-31-32-33-35-37-39-41-43-45-47-49-59(77)72-54(55(76)48-46-44-42-40-38-36-34-20-18-16-14-12-10-8-6-4-2)53-85-69-65(83)62(80)67(57(51-74)87-69)90-71-66(84)63(81)68(58(52-75)88-71)89-70-64(82)61(79)60(78)56(50-73)86-70/h15,17,21-22,24-25,38,40,46,48,54-58,60-71,73-76,78-84H,3-14,16,18-20,23,26-37,39,41-45,47,49-53H2,1-2H3,(H,72,77)/b17-15-,22-21-,25-24-,40-38+,48-46+. The zero-order valence-corrected chi connectivity index (χ0v) is 55.4. The number of amides is 1. The molecule has 12 N–H and O–H groups in total. The van der Waals surface area contributed by atoms with Gasteiger partial charge in [-0.1, -0.05) is 235 Å². The van der Waals surface area contributed by atoms with E-state index < -0.39 is 124 Å². The van der Waals surface area contributed by atoms with Crippen molar-refractivity contribution in [2.75, 3.05) is 26.4 Å². The minimum atomic E-state index is -1.98. The Morgan fingerprint density at radius 1 is 0.400 bits per heavy atom. The van der Waals surface area contributed by atoms with E-state index in [-0.39, 0.29) is 18.9 Å². The maximum atomic E-state index is 13.4. The summed E-state index contributed by atoms with van der Waals surface area (Å²) in [6, 6.07) is -0.992. The number of carbonyl (C=O) groups is 1. The molecule has 3 heterocycles. The molecule has 524 valence electrons. The van der Waals surface area contributed by atoms with E-state index in [9.17, 15) is 61.0 Å². The van der Waals surface area contributed by atoms with Gasteiger partial charge in [0.15, 0.2) is 18.9 Å². The highest BCUT2D eigenvalue weighted by Crippen LogP contribution is 2.33. The number of nitrogens with one attached hydrogen (secondary N) is 1. The Morgan fingerprint density at radius 3 is 1.19 bits per heavy atom. The molecule has 0 aromatic rings. The van der Waals surface area contributed by atoms with Crippen molar-refractivity contribution in [3.8, 4) is 0 Å². The van der Waals surface area contributed by atoms with E-state index in [2.05, 4.69) is 67.8 Å². The van der Waals surface area contributed by atoms with Gasteiger partial charge < -0.3 is 89.9 Å². The molecule has 19 heteroatoms. The Labute approximate surface area is 541 Å². The van der Waals surface area contributed by atoms with Crippen molar-refractivity contribution < 1.29 is 89.4 Å².